The largest absolute Gasteiger partial charge is 0.480 e. The van der Waals surface area contributed by atoms with Gasteiger partial charge < -0.3 is 15.3 Å². The summed E-state index contributed by atoms with van der Waals surface area (Å²) in [6.45, 7) is 2.41. The highest BCUT2D eigenvalue weighted by Gasteiger charge is 2.44. The molecule has 0 spiro atoms. The summed E-state index contributed by atoms with van der Waals surface area (Å²) >= 11 is 1.70. The summed E-state index contributed by atoms with van der Waals surface area (Å²) in [5, 5.41) is 12.4. The Balaban J connectivity index is 1.67. The number of nitrogens with one attached hydrogen (secondary N) is 1. The molecule has 146 valence electrons. The number of benzene rings is 1. The van der Waals surface area contributed by atoms with Crippen LogP contribution in [0.25, 0.3) is 0 Å². The van der Waals surface area contributed by atoms with Crippen LogP contribution in [-0.4, -0.2) is 46.5 Å². The van der Waals surface area contributed by atoms with Crippen LogP contribution in [0, 0.1) is 5.92 Å². The SMILES string of the molecule is CCCc1ccc(N2CC(C(=O)NC3(C(=O)O)CCSCC3)CC2=O)cc1. The van der Waals surface area contributed by atoms with E-state index < -0.39 is 17.4 Å². The molecule has 2 aliphatic rings. The van der Waals surface area contributed by atoms with E-state index in [4.69, 9.17) is 0 Å². The van der Waals surface area contributed by atoms with Crippen molar-refractivity contribution in [3.05, 3.63) is 29.8 Å². The summed E-state index contributed by atoms with van der Waals surface area (Å²) in [5.41, 5.74) is 0.818. The van der Waals surface area contributed by atoms with Crippen molar-refractivity contribution in [3.63, 3.8) is 0 Å². The Bertz CT molecular complexity index is 713. The molecule has 2 N–H and O–H groups in total. The van der Waals surface area contributed by atoms with Crippen LogP contribution in [0.5, 0.6) is 0 Å². The fourth-order valence-electron chi connectivity index (χ4n) is 3.71. The van der Waals surface area contributed by atoms with Crippen LogP contribution in [0.15, 0.2) is 24.3 Å². The molecule has 1 aromatic carbocycles. The molecule has 0 radical (unpaired) electrons. The molecule has 1 unspecified atom stereocenters. The number of aliphatic carboxylic acids is 1. The molecule has 3 rings (SSSR count). The highest BCUT2D eigenvalue weighted by atomic mass is 32.2. The number of amides is 2. The number of anilines is 1. The Kier molecular flexibility index (Phi) is 6.09. The van der Waals surface area contributed by atoms with E-state index in [1.165, 1.54) is 5.56 Å². The van der Waals surface area contributed by atoms with Crippen LogP contribution in [0.4, 0.5) is 5.69 Å². The van der Waals surface area contributed by atoms with Crippen molar-refractivity contribution in [2.75, 3.05) is 23.0 Å². The fourth-order valence-corrected chi connectivity index (χ4v) is 4.90. The summed E-state index contributed by atoms with van der Waals surface area (Å²) in [5.74, 6) is -0.495. The predicted molar refractivity (Wildman–Crippen MR) is 106 cm³/mol. The van der Waals surface area contributed by atoms with Gasteiger partial charge in [-0.2, -0.15) is 11.8 Å². The number of hydrogen-bond donors (Lipinski definition) is 2. The lowest BCUT2D eigenvalue weighted by Crippen LogP contribution is -2.58. The maximum atomic E-state index is 12.7. The molecule has 2 fully saturated rings. The summed E-state index contributed by atoms with van der Waals surface area (Å²) < 4.78 is 0. The van der Waals surface area contributed by atoms with Gasteiger partial charge in [0.05, 0.1) is 5.92 Å². The molecule has 27 heavy (non-hydrogen) atoms. The summed E-state index contributed by atoms with van der Waals surface area (Å²) in [6, 6.07) is 7.86. The van der Waals surface area contributed by atoms with Gasteiger partial charge in [-0.1, -0.05) is 25.5 Å². The van der Waals surface area contributed by atoms with Crippen LogP contribution in [0.1, 0.15) is 38.2 Å². The number of aryl methyl sites for hydroxylation is 1. The second-order valence-corrected chi connectivity index (χ2v) is 8.54. The van der Waals surface area contributed by atoms with Crippen molar-refractivity contribution in [2.45, 2.75) is 44.6 Å². The van der Waals surface area contributed by atoms with E-state index in [2.05, 4.69) is 12.2 Å². The van der Waals surface area contributed by atoms with E-state index in [1.807, 2.05) is 24.3 Å². The first-order valence-corrected chi connectivity index (χ1v) is 10.6. The maximum absolute atomic E-state index is 12.7. The lowest BCUT2D eigenvalue weighted by atomic mass is 9.91. The standard InChI is InChI=1S/C20H26N2O4S/c1-2-3-14-4-6-16(7-5-14)22-13-15(12-17(22)23)18(24)21-20(19(25)26)8-10-27-11-9-20/h4-7,15H,2-3,8-13H2,1H3,(H,21,24)(H,25,26). The quantitative estimate of drug-likeness (QED) is 0.779. The van der Waals surface area contributed by atoms with E-state index in [9.17, 15) is 19.5 Å². The van der Waals surface area contributed by atoms with Crippen molar-refractivity contribution in [2.24, 2.45) is 5.92 Å². The van der Waals surface area contributed by atoms with Gasteiger partial charge in [-0.25, -0.2) is 4.79 Å². The van der Waals surface area contributed by atoms with Crippen LogP contribution < -0.4 is 10.2 Å². The first kappa shape index (κ1) is 19.7. The van der Waals surface area contributed by atoms with E-state index >= 15 is 0 Å². The topological polar surface area (TPSA) is 86.7 Å². The molecule has 1 aromatic rings. The zero-order valence-electron chi connectivity index (χ0n) is 15.6. The number of carbonyl (C=O) groups is 3. The van der Waals surface area contributed by atoms with Crippen molar-refractivity contribution >= 4 is 35.2 Å². The average Bonchev–Trinajstić information content (AvgIpc) is 3.05. The first-order chi connectivity index (χ1) is 12.9. The lowest BCUT2D eigenvalue weighted by Gasteiger charge is -2.34. The molecule has 1 atom stereocenters. The van der Waals surface area contributed by atoms with Crippen LogP contribution in [0.2, 0.25) is 0 Å². The first-order valence-electron chi connectivity index (χ1n) is 9.47. The number of carboxylic acid groups (broad SMARTS) is 1. The monoisotopic (exact) mass is 390 g/mol. The summed E-state index contributed by atoms with van der Waals surface area (Å²) in [7, 11) is 0. The normalized spacial score (nSPS) is 21.9. The summed E-state index contributed by atoms with van der Waals surface area (Å²) in [6.07, 6.45) is 3.01. The highest BCUT2D eigenvalue weighted by molar-refractivity contribution is 7.99. The van der Waals surface area contributed by atoms with Gasteiger partial charge in [0.15, 0.2) is 0 Å². The molecule has 0 aromatic heterocycles. The molecule has 0 bridgehead atoms. The van der Waals surface area contributed by atoms with Gasteiger partial charge in [0.2, 0.25) is 11.8 Å². The Hall–Kier alpha value is -2.02. The minimum absolute atomic E-state index is 0.0954. The second-order valence-electron chi connectivity index (χ2n) is 7.31. The van der Waals surface area contributed by atoms with Gasteiger partial charge in [0.1, 0.15) is 5.54 Å². The molecule has 6 nitrogen and oxygen atoms in total. The minimum Gasteiger partial charge on any atom is -0.480 e. The molecular formula is C20H26N2O4S. The van der Waals surface area contributed by atoms with Crippen LogP contribution in [-0.2, 0) is 20.8 Å². The summed E-state index contributed by atoms with van der Waals surface area (Å²) in [4.78, 5) is 38.5. The molecule has 2 heterocycles. The van der Waals surface area contributed by atoms with E-state index in [0.29, 0.717) is 30.9 Å². The molecule has 2 amide bonds. The van der Waals surface area contributed by atoms with Crippen molar-refractivity contribution in [1.82, 2.24) is 5.32 Å². The van der Waals surface area contributed by atoms with Crippen molar-refractivity contribution in [3.8, 4) is 0 Å². The van der Waals surface area contributed by atoms with E-state index in [-0.39, 0.29) is 18.2 Å². The van der Waals surface area contributed by atoms with E-state index in [0.717, 1.165) is 18.5 Å². The second kappa shape index (κ2) is 8.33. The molecular weight excluding hydrogens is 364 g/mol. The third-order valence-electron chi connectivity index (χ3n) is 5.40. The van der Waals surface area contributed by atoms with E-state index in [1.54, 1.807) is 16.7 Å². The van der Waals surface area contributed by atoms with Crippen LogP contribution >= 0.6 is 11.8 Å². The van der Waals surface area contributed by atoms with Crippen LogP contribution in [0.3, 0.4) is 0 Å². The third kappa shape index (κ3) is 4.29. The van der Waals surface area contributed by atoms with Gasteiger partial charge in [-0.05, 0) is 48.5 Å². The number of nitrogens with zero attached hydrogens (tertiary/aromatic N) is 1. The Morgan fingerprint density at radius 1 is 1.26 bits per heavy atom. The van der Waals surface area contributed by atoms with Gasteiger partial charge in [-0.3, -0.25) is 9.59 Å². The Morgan fingerprint density at radius 3 is 2.52 bits per heavy atom. The zero-order chi connectivity index (χ0) is 19.4. The molecule has 2 saturated heterocycles. The third-order valence-corrected chi connectivity index (χ3v) is 6.39. The van der Waals surface area contributed by atoms with Crippen molar-refractivity contribution in [1.29, 1.82) is 0 Å². The Labute approximate surface area is 163 Å². The van der Waals surface area contributed by atoms with Gasteiger partial charge in [0, 0.05) is 18.7 Å². The molecule has 0 aliphatic carbocycles. The van der Waals surface area contributed by atoms with Crippen molar-refractivity contribution < 1.29 is 19.5 Å². The number of thioether (sulfide) groups is 1. The average molecular weight is 391 g/mol. The number of carboxylic acids is 1. The smallest absolute Gasteiger partial charge is 0.329 e. The fraction of sp³-hybridized carbons (Fsp3) is 0.550. The Morgan fingerprint density at radius 2 is 1.93 bits per heavy atom. The van der Waals surface area contributed by atoms with Gasteiger partial charge in [-0.15, -0.1) is 0 Å². The maximum Gasteiger partial charge on any atom is 0.329 e. The highest BCUT2D eigenvalue weighted by Crippen LogP contribution is 2.30. The molecule has 2 aliphatic heterocycles. The molecule has 0 saturated carbocycles. The van der Waals surface area contributed by atoms with Gasteiger partial charge >= 0.3 is 5.97 Å². The van der Waals surface area contributed by atoms with Gasteiger partial charge in [0.25, 0.3) is 0 Å². The zero-order valence-corrected chi connectivity index (χ0v) is 16.4. The number of carbonyl (C=O) groups excluding carboxylic acids is 2. The number of hydrogen-bond acceptors (Lipinski definition) is 4. The minimum atomic E-state index is -1.19. The molecule has 7 heteroatoms. The lowest BCUT2D eigenvalue weighted by molar-refractivity contribution is -0.148. The predicted octanol–water partition coefficient (Wildman–Crippen LogP) is 2.46. The number of rotatable bonds is 6.